The highest BCUT2D eigenvalue weighted by Gasteiger charge is 2.33. The lowest BCUT2D eigenvalue weighted by Crippen LogP contribution is -2.42. The summed E-state index contributed by atoms with van der Waals surface area (Å²) in [5, 5.41) is 5.10. The fraction of sp³-hybridized carbons (Fsp3) is 0.333. The summed E-state index contributed by atoms with van der Waals surface area (Å²) in [6.07, 6.45) is 2.91. The third kappa shape index (κ3) is 4.69. The molecule has 4 aromatic rings. The number of hydrogen-bond donors (Lipinski definition) is 0. The van der Waals surface area contributed by atoms with E-state index in [9.17, 15) is 18.0 Å². The van der Waals surface area contributed by atoms with Crippen LogP contribution in [0.1, 0.15) is 58.4 Å². The van der Waals surface area contributed by atoms with Gasteiger partial charge in [0.1, 0.15) is 17.5 Å². The number of piperidine rings is 1. The van der Waals surface area contributed by atoms with Gasteiger partial charge in [-0.15, -0.1) is 0 Å². The van der Waals surface area contributed by atoms with Gasteiger partial charge in [-0.2, -0.15) is 0 Å². The van der Waals surface area contributed by atoms with Crippen molar-refractivity contribution in [3.63, 3.8) is 0 Å². The van der Waals surface area contributed by atoms with Gasteiger partial charge in [-0.1, -0.05) is 17.3 Å². The highest BCUT2D eigenvalue weighted by Crippen LogP contribution is 2.36. The van der Waals surface area contributed by atoms with Gasteiger partial charge in [0, 0.05) is 36.0 Å². The Kier molecular flexibility index (Phi) is 6.66. The number of halogens is 3. The van der Waals surface area contributed by atoms with Crippen LogP contribution >= 0.6 is 0 Å². The SMILES string of the molecule is O=C(c1ccc(F)cc1)N1CCc2c(F)cccc2C1CCN1CCC(c2noc3cc(F)ccc23)CC1. The highest BCUT2D eigenvalue weighted by atomic mass is 19.1. The number of fused-ring (bicyclic) bond motifs is 2. The Morgan fingerprint density at radius 3 is 2.50 bits per heavy atom. The fourth-order valence-corrected chi connectivity index (χ4v) is 5.98. The molecular formula is C30H28F3N3O2. The number of carbonyl (C=O) groups is 1. The lowest BCUT2D eigenvalue weighted by atomic mass is 9.88. The number of benzene rings is 3. The molecule has 3 aromatic carbocycles. The zero-order chi connectivity index (χ0) is 26.2. The molecule has 196 valence electrons. The largest absolute Gasteiger partial charge is 0.356 e. The van der Waals surface area contributed by atoms with Crippen molar-refractivity contribution in [3.05, 3.63) is 100 Å². The first-order valence-corrected chi connectivity index (χ1v) is 13.1. The molecule has 6 rings (SSSR count). The molecule has 0 N–H and O–H groups in total. The molecule has 0 bridgehead atoms. The minimum absolute atomic E-state index is 0.169. The van der Waals surface area contributed by atoms with E-state index in [4.69, 9.17) is 4.52 Å². The van der Waals surface area contributed by atoms with Gasteiger partial charge in [0.25, 0.3) is 5.91 Å². The molecule has 1 aromatic heterocycles. The topological polar surface area (TPSA) is 49.6 Å². The van der Waals surface area contributed by atoms with Gasteiger partial charge >= 0.3 is 0 Å². The fourth-order valence-electron chi connectivity index (χ4n) is 5.98. The summed E-state index contributed by atoms with van der Waals surface area (Å²) in [7, 11) is 0. The van der Waals surface area contributed by atoms with E-state index in [-0.39, 0.29) is 29.5 Å². The average Bonchev–Trinajstić information content (AvgIpc) is 3.35. The van der Waals surface area contributed by atoms with Crippen molar-refractivity contribution in [2.24, 2.45) is 0 Å². The van der Waals surface area contributed by atoms with Crippen LogP contribution in [-0.4, -0.2) is 47.0 Å². The predicted molar refractivity (Wildman–Crippen MR) is 137 cm³/mol. The Balaban J connectivity index is 1.16. The van der Waals surface area contributed by atoms with Crippen LogP contribution < -0.4 is 0 Å². The van der Waals surface area contributed by atoms with Gasteiger partial charge in [0.2, 0.25) is 0 Å². The van der Waals surface area contributed by atoms with E-state index in [1.807, 2.05) is 11.0 Å². The summed E-state index contributed by atoms with van der Waals surface area (Å²) in [5.74, 6) is -0.900. The van der Waals surface area contributed by atoms with Crippen LogP contribution in [-0.2, 0) is 6.42 Å². The van der Waals surface area contributed by atoms with Crippen molar-refractivity contribution >= 4 is 16.9 Å². The second-order valence-corrected chi connectivity index (χ2v) is 10.2. The first-order chi connectivity index (χ1) is 18.5. The molecule has 8 heteroatoms. The quantitative estimate of drug-likeness (QED) is 0.313. The van der Waals surface area contributed by atoms with Gasteiger partial charge < -0.3 is 14.3 Å². The Labute approximate surface area is 218 Å². The smallest absolute Gasteiger partial charge is 0.254 e. The number of hydrogen-bond acceptors (Lipinski definition) is 4. The highest BCUT2D eigenvalue weighted by molar-refractivity contribution is 5.94. The molecule has 38 heavy (non-hydrogen) atoms. The average molecular weight is 520 g/mol. The first kappa shape index (κ1) is 24.7. The molecule has 1 saturated heterocycles. The summed E-state index contributed by atoms with van der Waals surface area (Å²) >= 11 is 0. The normalized spacial score (nSPS) is 18.6. The lowest BCUT2D eigenvalue weighted by molar-refractivity contribution is 0.0628. The van der Waals surface area contributed by atoms with E-state index < -0.39 is 5.82 Å². The van der Waals surface area contributed by atoms with Gasteiger partial charge in [-0.3, -0.25) is 4.79 Å². The molecule has 0 spiro atoms. The molecule has 1 unspecified atom stereocenters. The number of carbonyl (C=O) groups excluding carboxylic acids is 1. The second-order valence-electron chi connectivity index (χ2n) is 10.2. The monoisotopic (exact) mass is 519 g/mol. The minimum Gasteiger partial charge on any atom is -0.356 e. The summed E-state index contributed by atoms with van der Waals surface area (Å²) < 4.78 is 47.0. The standard InChI is InChI=1S/C30H28F3N3O2/c31-21-6-4-20(5-7-21)30(37)36-17-12-23-24(2-1-3-26(23)33)27(36)13-16-35-14-10-19(11-15-35)29-25-9-8-22(32)18-28(25)38-34-29/h1-9,18-19,27H,10-17H2. The Morgan fingerprint density at radius 2 is 1.71 bits per heavy atom. The maximum atomic E-state index is 14.7. The first-order valence-electron chi connectivity index (χ1n) is 13.1. The van der Waals surface area contributed by atoms with Crippen molar-refractivity contribution in [1.29, 1.82) is 0 Å². The third-order valence-electron chi connectivity index (χ3n) is 8.00. The van der Waals surface area contributed by atoms with Gasteiger partial charge in [0.05, 0.1) is 11.7 Å². The van der Waals surface area contributed by atoms with E-state index in [0.29, 0.717) is 36.1 Å². The van der Waals surface area contributed by atoms with Gasteiger partial charge in [0.15, 0.2) is 5.58 Å². The van der Waals surface area contributed by atoms with Crippen molar-refractivity contribution in [1.82, 2.24) is 15.0 Å². The molecule has 5 nitrogen and oxygen atoms in total. The van der Waals surface area contributed by atoms with Crippen molar-refractivity contribution < 1.29 is 22.5 Å². The van der Waals surface area contributed by atoms with Crippen molar-refractivity contribution in [2.45, 2.75) is 37.6 Å². The molecule has 0 radical (unpaired) electrons. The molecule has 2 aliphatic rings. The van der Waals surface area contributed by atoms with E-state index >= 15 is 0 Å². The molecule has 2 aliphatic heterocycles. The minimum atomic E-state index is -0.390. The van der Waals surface area contributed by atoms with E-state index in [2.05, 4.69) is 10.1 Å². The van der Waals surface area contributed by atoms with Crippen LogP contribution in [0.25, 0.3) is 11.0 Å². The summed E-state index contributed by atoms with van der Waals surface area (Å²) in [6, 6.07) is 14.9. The number of nitrogens with zero attached hydrogens (tertiary/aromatic N) is 3. The molecule has 1 fully saturated rings. The molecule has 1 amide bonds. The van der Waals surface area contributed by atoms with Crippen LogP contribution in [0, 0.1) is 17.5 Å². The summed E-state index contributed by atoms with van der Waals surface area (Å²) in [6.45, 7) is 2.88. The summed E-state index contributed by atoms with van der Waals surface area (Å²) in [4.78, 5) is 17.6. The van der Waals surface area contributed by atoms with E-state index in [1.165, 1.54) is 42.5 Å². The molecule has 0 aliphatic carbocycles. The zero-order valence-corrected chi connectivity index (χ0v) is 20.9. The second kappa shape index (κ2) is 10.3. The number of aromatic nitrogens is 1. The van der Waals surface area contributed by atoms with Crippen LogP contribution in [0.4, 0.5) is 13.2 Å². The number of amides is 1. The summed E-state index contributed by atoms with van der Waals surface area (Å²) in [5.41, 5.74) is 3.30. The maximum absolute atomic E-state index is 14.7. The Morgan fingerprint density at radius 1 is 0.947 bits per heavy atom. The Hall–Kier alpha value is -3.65. The van der Waals surface area contributed by atoms with Crippen LogP contribution in [0.5, 0.6) is 0 Å². The van der Waals surface area contributed by atoms with Crippen molar-refractivity contribution in [3.8, 4) is 0 Å². The van der Waals surface area contributed by atoms with Crippen molar-refractivity contribution in [2.75, 3.05) is 26.2 Å². The molecule has 0 saturated carbocycles. The van der Waals surface area contributed by atoms with E-state index in [0.717, 1.165) is 49.1 Å². The van der Waals surface area contributed by atoms with Crippen LogP contribution in [0.3, 0.4) is 0 Å². The molecule has 1 atom stereocenters. The molecule has 3 heterocycles. The van der Waals surface area contributed by atoms with Gasteiger partial charge in [-0.05, 0) is 92.4 Å². The number of likely N-dealkylation sites (tertiary alicyclic amines) is 1. The van der Waals surface area contributed by atoms with Crippen LogP contribution in [0.2, 0.25) is 0 Å². The van der Waals surface area contributed by atoms with Gasteiger partial charge in [-0.25, -0.2) is 13.2 Å². The van der Waals surface area contributed by atoms with Crippen LogP contribution in [0.15, 0.2) is 65.2 Å². The number of rotatable bonds is 5. The molecular weight excluding hydrogens is 491 g/mol. The maximum Gasteiger partial charge on any atom is 0.254 e. The lowest BCUT2D eigenvalue weighted by Gasteiger charge is -2.39. The predicted octanol–water partition coefficient (Wildman–Crippen LogP) is 6.25. The van der Waals surface area contributed by atoms with E-state index in [1.54, 1.807) is 12.1 Å². The third-order valence-corrected chi connectivity index (χ3v) is 8.00. The Bertz CT molecular complexity index is 1460. The zero-order valence-electron chi connectivity index (χ0n) is 20.9.